The number of carbonyl (C=O) groups is 1. The molecule has 0 aliphatic heterocycles. The van der Waals surface area contributed by atoms with Crippen LogP contribution in [0.5, 0.6) is 11.5 Å². The Morgan fingerprint density at radius 3 is 2.65 bits per heavy atom. The Labute approximate surface area is 132 Å². The molecule has 2 aromatic carbocycles. The number of carbonyl (C=O) groups excluding carboxylic acids is 1. The zero-order valence-electron chi connectivity index (χ0n) is 12.4. The van der Waals surface area contributed by atoms with Gasteiger partial charge in [0.15, 0.2) is 11.5 Å². The van der Waals surface area contributed by atoms with Crippen molar-refractivity contribution in [3.05, 3.63) is 66.3 Å². The number of nitrogens with one attached hydrogen (secondary N) is 1. The molecule has 0 atom stereocenters. The molecule has 1 amide bonds. The minimum absolute atomic E-state index is 0.109. The second-order valence-corrected chi connectivity index (χ2v) is 4.54. The maximum atomic E-state index is 13.6. The van der Waals surface area contributed by atoms with Gasteiger partial charge in [0, 0.05) is 11.6 Å². The average molecular weight is 319 g/mol. The van der Waals surface area contributed by atoms with E-state index in [9.17, 15) is 13.6 Å². The smallest absolute Gasteiger partial charge is 0.255 e. The molecule has 6 heteroatoms. The highest BCUT2D eigenvalue weighted by molar-refractivity contribution is 6.04. The van der Waals surface area contributed by atoms with Crippen LogP contribution < -0.4 is 14.8 Å². The van der Waals surface area contributed by atoms with E-state index in [4.69, 9.17) is 9.47 Å². The predicted octanol–water partition coefficient (Wildman–Crippen LogP) is 3.79. The lowest BCUT2D eigenvalue weighted by molar-refractivity contribution is 0.102. The minimum Gasteiger partial charge on any atom is -0.493 e. The summed E-state index contributed by atoms with van der Waals surface area (Å²) in [5.74, 6) is -1.30. The van der Waals surface area contributed by atoms with Gasteiger partial charge in [0.05, 0.1) is 12.8 Å². The summed E-state index contributed by atoms with van der Waals surface area (Å²) >= 11 is 0. The maximum absolute atomic E-state index is 13.6. The van der Waals surface area contributed by atoms with E-state index in [2.05, 4.69) is 11.9 Å². The molecule has 0 unspecified atom stereocenters. The Kier molecular flexibility index (Phi) is 5.30. The molecule has 1 N–H and O–H groups in total. The quantitative estimate of drug-likeness (QED) is 0.824. The molecule has 0 saturated heterocycles. The number of rotatable bonds is 6. The largest absolute Gasteiger partial charge is 0.493 e. The molecule has 0 saturated carbocycles. The molecule has 0 bridgehead atoms. The van der Waals surface area contributed by atoms with Gasteiger partial charge < -0.3 is 14.8 Å². The second-order valence-electron chi connectivity index (χ2n) is 4.54. The fourth-order valence-corrected chi connectivity index (χ4v) is 1.86. The summed E-state index contributed by atoms with van der Waals surface area (Å²) in [5, 5.41) is 2.37. The fraction of sp³-hybridized carbons (Fsp3) is 0.118. The van der Waals surface area contributed by atoms with Crippen molar-refractivity contribution < 1.29 is 23.0 Å². The number of amides is 1. The maximum Gasteiger partial charge on any atom is 0.255 e. The van der Waals surface area contributed by atoms with Crippen molar-refractivity contribution in [2.45, 2.75) is 0 Å². The minimum atomic E-state index is -0.851. The highest BCUT2D eigenvalue weighted by Gasteiger charge is 2.13. The molecular formula is C17H15F2NO3. The lowest BCUT2D eigenvalue weighted by Gasteiger charge is -2.11. The molecular weight excluding hydrogens is 304 g/mol. The summed E-state index contributed by atoms with van der Waals surface area (Å²) in [7, 11) is 1.44. The van der Waals surface area contributed by atoms with Gasteiger partial charge >= 0.3 is 0 Å². The van der Waals surface area contributed by atoms with Crippen molar-refractivity contribution in [1.29, 1.82) is 0 Å². The topological polar surface area (TPSA) is 47.6 Å². The molecule has 2 rings (SSSR count). The van der Waals surface area contributed by atoms with Crippen LogP contribution in [0.4, 0.5) is 14.5 Å². The van der Waals surface area contributed by atoms with Gasteiger partial charge in [-0.1, -0.05) is 12.7 Å². The first-order chi connectivity index (χ1) is 11.0. The Hall–Kier alpha value is -2.89. The zero-order chi connectivity index (χ0) is 16.8. The third-order valence-electron chi connectivity index (χ3n) is 2.96. The lowest BCUT2D eigenvalue weighted by atomic mass is 10.1. The first-order valence-corrected chi connectivity index (χ1v) is 6.73. The van der Waals surface area contributed by atoms with Crippen molar-refractivity contribution in [2.75, 3.05) is 19.0 Å². The Morgan fingerprint density at radius 2 is 2.00 bits per heavy atom. The van der Waals surface area contributed by atoms with Crippen molar-refractivity contribution in [1.82, 2.24) is 0 Å². The summed E-state index contributed by atoms with van der Waals surface area (Å²) in [6.45, 7) is 3.84. The van der Waals surface area contributed by atoms with Gasteiger partial charge in [0.2, 0.25) is 0 Å². The van der Waals surface area contributed by atoms with Crippen LogP contribution in [0.2, 0.25) is 0 Å². The second kappa shape index (κ2) is 7.40. The third-order valence-corrected chi connectivity index (χ3v) is 2.96. The van der Waals surface area contributed by atoms with Gasteiger partial charge in [0.1, 0.15) is 18.2 Å². The summed E-state index contributed by atoms with van der Waals surface area (Å²) in [6.07, 6.45) is 1.58. The summed E-state index contributed by atoms with van der Waals surface area (Å²) in [5.41, 5.74) is 0.138. The summed E-state index contributed by atoms with van der Waals surface area (Å²) in [6, 6.07) is 7.46. The van der Waals surface area contributed by atoms with Crippen LogP contribution in [0.3, 0.4) is 0 Å². The first-order valence-electron chi connectivity index (χ1n) is 6.73. The van der Waals surface area contributed by atoms with Crippen molar-refractivity contribution in [2.24, 2.45) is 0 Å². The van der Waals surface area contributed by atoms with Crippen LogP contribution in [-0.4, -0.2) is 19.6 Å². The van der Waals surface area contributed by atoms with Crippen molar-refractivity contribution >= 4 is 11.6 Å². The number of halogens is 2. The van der Waals surface area contributed by atoms with Crippen LogP contribution >= 0.6 is 0 Å². The number of anilines is 1. The monoisotopic (exact) mass is 319 g/mol. The van der Waals surface area contributed by atoms with Gasteiger partial charge in [0.25, 0.3) is 5.91 Å². The van der Waals surface area contributed by atoms with Gasteiger partial charge in [-0.05, 0) is 30.3 Å². The number of hydrogen-bond acceptors (Lipinski definition) is 3. The van der Waals surface area contributed by atoms with Crippen LogP contribution in [0, 0.1) is 11.6 Å². The van der Waals surface area contributed by atoms with E-state index in [-0.39, 0.29) is 11.3 Å². The number of ether oxygens (including phenoxy) is 2. The fourth-order valence-electron chi connectivity index (χ4n) is 1.86. The Morgan fingerprint density at radius 1 is 1.22 bits per heavy atom. The molecule has 0 radical (unpaired) electrons. The van der Waals surface area contributed by atoms with Crippen LogP contribution in [0.25, 0.3) is 0 Å². The van der Waals surface area contributed by atoms with E-state index in [0.29, 0.717) is 24.2 Å². The highest BCUT2D eigenvalue weighted by atomic mass is 19.1. The molecule has 120 valence electrons. The number of methoxy groups -OCH3 is 1. The lowest BCUT2D eigenvalue weighted by Crippen LogP contribution is -2.13. The highest BCUT2D eigenvalue weighted by Crippen LogP contribution is 2.28. The number of benzene rings is 2. The van der Waals surface area contributed by atoms with Gasteiger partial charge in [-0.2, -0.15) is 0 Å². The molecule has 2 aromatic rings. The van der Waals surface area contributed by atoms with Crippen LogP contribution in [-0.2, 0) is 0 Å². The van der Waals surface area contributed by atoms with Crippen molar-refractivity contribution in [3.63, 3.8) is 0 Å². The third kappa shape index (κ3) is 4.06. The zero-order valence-corrected chi connectivity index (χ0v) is 12.4. The predicted molar refractivity (Wildman–Crippen MR) is 83.0 cm³/mol. The molecule has 0 heterocycles. The summed E-state index contributed by atoms with van der Waals surface area (Å²) in [4.78, 5) is 12.2. The van der Waals surface area contributed by atoms with E-state index in [1.165, 1.54) is 19.2 Å². The van der Waals surface area contributed by atoms with Crippen LogP contribution in [0.15, 0.2) is 49.1 Å². The molecule has 0 fully saturated rings. The molecule has 23 heavy (non-hydrogen) atoms. The van der Waals surface area contributed by atoms with E-state index < -0.39 is 17.5 Å². The normalized spacial score (nSPS) is 10.0. The Balaban J connectivity index is 2.20. The Bertz CT molecular complexity index is 732. The SMILES string of the molecule is C=CCOc1ccc(C(=O)Nc2ccc(F)cc2F)cc1OC. The number of hydrogen-bond donors (Lipinski definition) is 1. The van der Waals surface area contributed by atoms with E-state index >= 15 is 0 Å². The van der Waals surface area contributed by atoms with Crippen molar-refractivity contribution in [3.8, 4) is 11.5 Å². The average Bonchev–Trinajstić information content (AvgIpc) is 2.55. The molecule has 0 aliphatic carbocycles. The summed E-state index contributed by atoms with van der Waals surface area (Å²) < 4.78 is 37.0. The van der Waals surface area contributed by atoms with E-state index in [1.807, 2.05) is 0 Å². The molecule has 4 nitrogen and oxygen atoms in total. The van der Waals surface area contributed by atoms with Gasteiger partial charge in [-0.25, -0.2) is 8.78 Å². The molecule has 0 spiro atoms. The van der Waals surface area contributed by atoms with E-state index in [1.54, 1.807) is 12.1 Å². The molecule has 0 aliphatic rings. The standard InChI is InChI=1S/C17H15F2NO3/c1-3-8-23-15-7-4-11(9-16(15)22-2)17(21)20-14-6-5-12(18)10-13(14)19/h3-7,9-10H,1,8H2,2H3,(H,20,21). The van der Waals surface area contributed by atoms with Gasteiger partial charge in [-0.3, -0.25) is 4.79 Å². The first kappa shape index (κ1) is 16.5. The van der Waals surface area contributed by atoms with E-state index in [0.717, 1.165) is 12.1 Å². The van der Waals surface area contributed by atoms with Crippen LogP contribution in [0.1, 0.15) is 10.4 Å². The molecule has 0 aromatic heterocycles. The van der Waals surface area contributed by atoms with Gasteiger partial charge in [-0.15, -0.1) is 0 Å².